The summed E-state index contributed by atoms with van der Waals surface area (Å²) in [7, 11) is 0. The molecule has 7 aromatic carbocycles. The van der Waals surface area contributed by atoms with Crippen LogP contribution in [0.3, 0.4) is 0 Å². The van der Waals surface area contributed by atoms with Gasteiger partial charge in [0, 0.05) is 48.0 Å². The van der Waals surface area contributed by atoms with Crippen LogP contribution in [-0.2, 0) is 10.8 Å². The molecule has 0 radical (unpaired) electrons. The maximum Gasteiger partial charge on any atom is 0.160 e. The molecular formula is C57H42N2OS. The molecule has 0 amide bonds. The smallest absolute Gasteiger partial charge is 0.160 e. The lowest BCUT2D eigenvalue weighted by Gasteiger charge is -2.57. The van der Waals surface area contributed by atoms with Gasteiger partial charge >= 0.3 is 0 Å². The highest BCUT2D eigenvalue weighted by Crippen LogP contribution is 2.63. The Morgan fingerprint density at radius 2 is 1.03 bits per heavy atom. The van der Waals surface area contributed by atoms with Crippen molar-refractivity contribution < 1.29 is 4.74 Å². The highest BCUT2D eigenvalue weighted by Gasteiger charge is 2.52. The van der Waals surface area contributed by atoms with Crippen molar-refractivity contribution in [2.45, 2.75) is 49.4 Å². The van der Waals surface area contributed by atoms with E-state index in [1.165, 1.54) is 92.1 Å². The first kappa shape index (κ1) is 34.4. The number of aromatic nitrogens is 2. The minimum atomic E-state index is -0.513. The van der Waals surface area contributed by atoms with E-state index < -0.39 is 5.41 Å². The van der Waals surface area contributed by atoms with Crippen molar-refractivity contribution in [3.63, 3.8) is 0 Å². The summed E-state index contributed by atoms with van der Waals surface area (Å²) in [5.74, 6) is 5.29. The van der Waals surface area contributed by atoms with Crippen molar-refractivity contribution in [1.29, 1.82) is 0 Å². The monoisotopic (exact) mass is 802 g/mol. The van der Waals surface area contributed by atoms with E-state index in [4.69, 9.17) is 14.7 Å². The van der Waals surface area contributed by atoms with E-state index in [9.17, 15) is 0 Å². The Bertz CT molecular complexity index is 3200. The van der Waals surface area contributed by atoms with Crippen molar-refractivity contribution in [3.05, 3.63) is 192 Å². The number of fused-ring (bicyclic) bond motifs is 12. The van der Waals surface area contributed by atoms with Crippen molar-refractivity contribution in [3.8, 4) is 56.5 Å². The molecule has 0 atom stereocenters. The van der Waals surface area contributed by atoms with Crippen molar-refractivity contribution in [2.75, 3.05) is 0 Å². The van der Waals surface area contributed by atoms with Crippen LogP contribution in [0, 0.1) is 17.8 Å². The molecule has 1 aliphatic heterocycles. The van der Waals surface area contributed by atoms with Crippen LogP contribution in [0.15, 0.2) is 164 Å². The Kier molecular flexibility index (Phi) is 7.09. The second-order valence-electron chi connectivity index (χ2n) is 18.7. The predicted octanol–water partition coefficient (Wildman–Crippen LogP) is 14.8. The predicted molar refractivity (Wildman–Crippen MR) is 248 cm³/mol. The topological polar surface area (TPSA) is 35.0 Å². The summed E-state index contributed by atoms with van der Waals surface area (Å²) in [5.41, 5.74) is 13.8. The third kappa shape index (κ3) is 4.91. The Morgan fingerprint density at radius 3 is 1.77 bits per heavy atom. The van der Waals surface area contributed by atoms with Gasteiger partial charge in [-0.2, -0.15) is 0 Å². The van der Waals surface area contributed by atoms with Crippen molar-refractivity contribution >= 4 is 31.5 Å². The van der Waals surface area contributed by atoms with Gasteiger partial charge in [-0.25, -0.2) is 9.97 Å². The van der Waals surface area contributed by atoms with Gasteiger partial charge in [-0.3, -0.25) is 0 Å². The standard InChI is InChI=1S/C57H42N2OS/c1-3-11-45-41(9-1)43-29-39(19-23-46(43)57(45)47-12-4-6-14-51(47)60-52-15-7-5-13-48(52)57)55-58-49(30-50(59-55)38-20-24-54-44(28-38)42-10-2-8-16-53(42)61-54)37-17-21-40(22-18-37)56-31-34-25-35(32-56)27-36(26-34)33-56/h1-24,28-30,34-36H,25-27,31-33H2/t34-,35-,36?,56?/m1/s1. The fourth-order valence-corrected chi connectivity index (χ4v) is 14.3. The molecule has 1 spiro atoms. The number of nitrogens with zero attached hydrogens (tertiary/aromatic N) is 2. The fourth-order valence-electron chi connectivity index (χ4n) is 13.2. The molecule has 2 aromatic heterocycles. The molecular weight excluding hydrogens is 761 g/mol. The molecule has 3 heterocycles. The second-order valence-corrected chi connectivity index (χ2v) is 19.8. The highest BCUT2D eigenvalue weighted by atomic mass is 32.1. The van der Waals surface area contributed by atoms with Gasteiger partial charge < -0.3 is 4.74 Å². The lowest BCUT2D eigenvalue weighted by molar-refractivity contribution is -0.00518. The lowest BCUT2D eigenvalue weighted by Crippen LogP contribution is -2.48. The van der Waals surface area contributed by atoms with Gasteiger partial charge in [0.25, 0.3) is 0 Å². The molecule has 4 saturated carbocycles. The third-order valence-corrected chi connectivity index (χ3v) is 16.5. The van der Waals surface area contributed by atoms with Gasteiger partial charge in [-0.1, -0.05) is 121 Å². The molecule has 0 unspecified atom stereocenters. The van der Waals surface area contributed by atoms with E-state index in [1.807, 2.05) is 11.3 Å². The van der Waals surface area contributed by atoms with E-state index in [1.54, 1.807) is 5.56 Å². The molecule has 0 N–H and O–H groups in total. The van der Waals surface area contributed by atoms with Crippen LogP contribution >= 0.6 is 11.3 Å². The Labute approximate surface area is 359 Å². The van der Waals surface area contributed by atoms with Gasteiger partial charge in [-0.15, -0.1) is 11.3 Å². The van der Waals surface area contributed by atoms with E-state index in [-0.39, 0.29) is 0 Å². The third-order valence-electron chi connectivity index (χ3n) is 15.3. The number of thiophene rings is 1. The normalized spacial score (nSPS) is 22.2. The van der Waals surface area contributed by atoms with Gasteiger partial charge in [0.2, 0.25) is 0 Å². The zero-order valence-electron chi connectivity index (χ0n) is 33.8. The van der Waals surface area contributed by atoms with Crippen molar-refractivity contribution in [1.82, 2.24) is 9.97 Å². The molecule has 4 heteroatoms. The number of hydrogen-bond donors (Lipinski definition) is 0. The summed E-state index contributed by atoms with van der Waals surface area (Å²) in [6, 6.07) is 60.4. The van der Waals surface area contributed by atoms with E-state index in [0.29, 0.717) is 5.41 Å². The SMILES string of the molecule is c1ccc2c(c1)Oc1ccccc1C21c2ccccc2-c2cc(-c3nc(-c4ccc(C56CC7C[C@H](C5)C[C@H](C7)C6)cc4)cc(-c4ccc5sc6ccccc6c5c4)n3)ccc21. The summed E-state index contributed by atoms with van der Waals surface area (Å²) in [5, 5.41) is 2.57. The average Bonchev–Trinajstić information content (AvgIpc) is 3.82. The molecule has 292 valence electrons. The molecule has 4 fully saturated rings. The first-order chi connectivity index (χ1) is 30.1. The number of ether oxygens (including phenoxy) is 1. The summed E-state index contributed by atoms with van der Waals surface area (Å²) < 4.78 is 9.19. The van der Waals surface area contributed by atoms with Gasteiger partial charge in [-0.05, 0) is 132 Å². The van der Waals surface area contributed by atoms with Gasteiger partial charge in [0.15, 0.2) is 5.82 Å². The average molecular weight is 803 g/mol. The number of para-hydroxylation sites is 2. The fraction of sp³-hybridized carbons (Fsp3) is 0.193. The second kappa shape index (κ2) is 12.6. The van der Waals surface area contributed by atoms with Crippen LogP contribution in [0.4, 0.5) is 0 Å². The summed E-state index contributed by atoms with van der Waals surface area (Å²) in [4.78, 5) is 10.9. The van der Waals surface area contributed by atoms with Crippen LogP contribution < -0.4 is 4.74 Å². The van der Waals surface area contributed by atoms with Crippen LogP contribution in [0.5, 0.6) is 11.5 Å². The quantitative estimate of drug-likeness (QED) is 0.178. The molecule has 0 saturated heterocycles. The zero-order chi connectivity index (χ0) is 39.9. The number of rotatable bonds is 4. The maximum atomic E-state index is 6.59. The molecule has 15 rings (SSSR count). The molecule has 6 aliphatic rings. The van der Waals surface area contributed by atoms with Crippen LogP contribution in [0.2, 0.25) is 0 Å². The Morgan fingerprint density at radius 1 is 0.459 bits per heavy atom. The molecule has 9 aromatic rings. The van der Waals surface area contributed by atoms with Gasteiger partial charge in [0.05, 0.1) is 16.8 Å². The van der Waals surface area contributed by atoms with Gasteiger partial charge in [0.1, 0.15) is 11.5 Å². The summed E-state index contributed by atoms with van der Waals surface area (Å²) >= 11 is 1.85. The first-order valence-electron chi connectivity index (χ1n) is 22.1. The highest BCUT2D eigenvalue weighted by molar-refractivity contribution is 7.25. The maximum absolute atomic E-state index is 6.59. The Balaban J connectivity index is 0.944. The lowest BCUT2D eigenvalue weighted by atomic mass is 9.48. The van der Waals surface area contributed by atoms with Crippen molar-refractivity contribution in [2.24, 2.45) is 17.8 Å². The Hall–Kier alpha value is -6.36. The summed E-state index contributed by atoms with van der Waals surface area (Å²) in [6.07, 6.45) is 8.48. The minimum Gasteiger partial charge on any atom is -0.457 e. The summed E-state index contributed by atoms with van der Waals surface area (Å²) in [6.45, 7) is 0. The van der Waals surface area contributed by atoms with E-state index >= 15 is 0 Å². The van der Waals surface area contributed by atoms with E-state index in [0.717, 1.165) is 63.2 Å². The van der Waals surface area contributed by atoms with Crippen LogP contribution in [0.1, 0.15) is 66.3 Å². The minimum absolute atomic E-state index is 0.359. The van der Waals surface area contributed by atoms with E-state index in [2.05, 4.69) is 164 Å². The number of hydrogen-bond acceptors (Lipinski definition) is 4. The largest absolute Gasteiger partial charge is 0.457 e. The molecule has 5 aliphatic carbocycles. The van der Waals surface area contributed by atoms with Crippen LogP contribution in [0.25, 0.3) is 65.2 Å². The molecule has 61 heavy (non-hydrogen) atoms. The first-order valence-corrected chi connectivity index (χ1v) is 22.9. The number of benzene rings is 7. The molecule has 3 nitrogen and oxygen atoms in total. The zero-order valence-corrected chi connectivity index (χ0v) is 34.6. The molecule has 4 bridgehead atoms. The van der Waals surface area contributed by atoms with Crippen LogP contribution in [-0.4, -0.2) is 9.97 Å².